The molecular formula is C13H20N2O2. The number of hydrogen-bond acceptors (Lipinski definition) is 4. The smallest absolute Gasteiger partial charge is 0.302 e. The van der Waals surface area contributed by atoms with Crippen LogP contribution in [0.15, 0.2) is 18.2 Å². The molecule has 17 heavy (non-hydrogen) atoms. The van der Waals surface area contributed by atoms with Crippen LogP contribution in [-0.2, 0) is 16.1 Å². The lowest BCUT2D eigenvalue weighted by Gasteiger charge is -2.19. The Balaban J connectivity index is 2.99. The van der Waals surface area contributed by atoms with Crippen molar-refractivity contribution in [2.24, 2.45) is 0 Å². The number of esters is 1. The average Bonchev–Trinajstić information content (AvgIpc) is 2.25. The van der Waals surface area contributed by atoms with Crippen LogP contribution in [-0.4, -0.2) is 34.2 Å². The molecule has 0 heterocycles. The molecular weight excluding hydrogens is 216 g/mol. The van der Waals surface area contributed by atoms with Gasteiger partial charge in [-0.25, -0.2) is 0 Å². The third-order valence-electron chi connectivity index (χ3n) is 2.44. The first-order valence-corrected chi connectivity index (χ1v) is 5.52. The molecule has 0 atom stereocenters. The maximum Gasteiger partial charge on any atom is 0.302 e. The summed E-state index contributed by atoms with van der Waals surface area (Å²) in [6, 6.07) is 6.14. The van der Waals surface area contributed by atoms with Gasteiger partial charge < -0.3 is 14.5 Å². The molecule has 0 saturated heterocycles. The third kappa shape index (κ3) is 3.98. The van der Waals surface area contributed by atoms with Crippen molar-refractivity contribution < 1.29 is 9.53 Å². The minimum atomic E-state index is -0.258. The van der Waals surface area contributed by atoms with Crippen molar-refractivity contribution in [2.75, 3.05) is 38.0 Å². The van der Waals surface area contributed by atoms with E-state index in [1.165, 1.54) is 6.92 Å². The number of anilines is 2. The Morgan fingerprint density at radius 1 is 1.06 bits per heavy atom. The number of rotatable bonds is 4. The molecule has 1 aromatic rings. The normalized spacial score (nSPS) is 9.94. The minimum absolute atomic E-state index is 0.258. The zero-order chi connectivity index (χ0) is 13.0. The van der Waals surface area contributed by atoms with E-state index >= 15 is 0 Å². The van der Waals surface area contributed by atoms with Gasteiger partial charge in [0.25, 0.3) is 0 Å². The molecule has 4 nitrogen and oxygen atoms in total. The summed E-state index contributed by atoms with van der Waals surface area (Å²) in [5, 5.41) is 0. The largest absolute Gasteiger partial charge is 0.461 e. The number of benzene rings is 1. The maximum atomic E-state index is 10.8. The Kier molecular flexibility index (Phi) is 4.37. The lowest BCUT2D eigenvalue weighted by molar-refractivity contribution is -0.142. The molecule has 4 heteroatoms. The van der Waals surface area contributed by atoms with E-state index < -0.39 is 0 Å². The fraction of sp³-hybridized carbons (Fsp3) is 0.462. The standard InChI is InChI=1S/C13H20N2O2/c1-10(16)17-9-11-6-12(14(2)3)8-13(7-11)15(4)5/h6-8H,9H2,1-5H3. The Hall–Kier alpha value is -1.71. The fourth-order valence-electron chi connectivity index (χ4n) is 1.44. The van der Waals surface area contributed by atoms with Crippen molar-refractivity contribution in [3.63, 3.8) is 0 Å². The SMILES string of the molecule is CC(=O)OCc1cc(N(C)C)cc(N(C)C)c1. The molecule has 0 bridgehead atoms. The molecule has 0 saturated carbocycles. The number of carbonyl (C=O) groups excluding carboxylic acids is 1. The highest BCUT2D eigenvalue weighted by atomic mass is 16.5. The van der Waals surface area contributed by atoms with Crippen molar-refractivity contribution in [1.29, 1.82) is 0 Å². The van der Waals surface area contributed by atoms with Gasteiger partial charge >= 0.3 is 5.97 Å². The molecule has 0 fully saturated rings. The second-order valence-electron chi connectivity index (χ2n) is 4.43. The quantitative estimate of drug-likeness (QED) is 0.747. The van der Waals surface area contributed by atoms with Gasteiger partial charge in [0.1, 0.15) is 6.61 Å². The van der Waals surface area contributed by atoms with E-state index in [9.17, 15) is 4.79 Å². The highest BCUT2D eigenvalue weighted by Crippen LogP contribution is 2.23. The van der Waals surface area contributed by atoms with Crippen LogP contribution >= 0.6 is 0 Å². The average molecular weight is 236 g/mol. The van der Waals surface area contributed by atoms with Crippen molar-refractivity contribution in [1.82, 2.24) is 0 Å². The van der Waals surface area contributed by atoms with Crippen LogP contribution in [0, 0.1) is 0 Å². The topological polar surface area (TPSA) is 32.8 Å². The van der Waals surface area contributed by atoms with Gasteiger partial charge in [-0.15, -0.1) is 0 Å². The van der Waals surface area contributed by atoms with Gasteiger partial charge in [0.2, 0.25) is 0 Å². The third-order valence-corrected chi connectivity index (χ3v) is 2.44. The molecule has 0 aliphatic rings. The Bertz CT molecular complexity index is 374. The highest BCUT2D eigenvalue weighted by molar-refractivity contribution is 5.66. The van der Waals surface area contributed by atoms with E-state index in [1.807, 2.05) is 50.1 Å². The maximum absolute atomic E-state index is 10.8. The fourth-order valence-corrected chi connectivity index (χ4v) is 1.44. The lowest BCUT2D eigenvalue weighted by atomic mass is 10.1. The van der Waals surface area contributed by atoms with Crippen LogP contribution in [0.25, 0.3) is 0 Å². The summed E-state index contributed by atoms with van der Waals surface area (Å²) in [5.74, 6) is -0.258. The lowest BCUT2D eigenvalue weighted by Crippen LogP contribution is -2.13. The summed E-state index contributed by atoms with van der Waals surface area (Å²) in [7, 11) is 7.96. The molecule has 0 aliphatic heterocycles. The minimum Gasteiger partial charge on any atom is -0.461 e. The van der Waals surface area contributed by atoms with E-state index in [-0.39, 0.29) is 5.97 Å². The number of ether oxygens (including phenoxy) is 1. The first kappa shape index (κ1) is 13.4. The summed E-state index contributed by atoms with van der Waals surface area (Å²) in [6.45, 7) is 1.74. The summed E-state index contributed by atoms with van der Waals surface area (Å²) < 4.78 is 5.02. The molecule has 1 rings (SSSR count). The summed E-state index contributed by atoms with van der Waals surface area (Å²) in [5.41, 5.74) is 3.19. The van der Waals surface area contributed by atoms with Gasteiger partial charge in [-0.1, -0.05) is 0 Å². The predicted octanol–water partition coefficient (Wildman–Crippen LogP) is 1.88. The van der Waals surface area contributed by atoms with Crippen molar-refractivity contribution in [3.05, 3.63) is 23.8 Å². The summed E-state index contributed by atoms with van der Waals surface area (Å²) in [4.78, 5) is 14.9. The van der Waals surface area contributed by atoms with E-state index in [0.717, 1.165) is 16.9 Å². The monoisotopic (exact) mass is 236 g/mol. The summed E-state index contributed by atoms with van der Waals surface area (Å²) >= 11 is 0. The van der Waals surface area contributed by atoms with Crippen LogP contribution in [0.1, 0.15) is 12.5 Å². The molecule has 0 amide bonds. The van der Waals surface area contributed by atoms with Gasteiger partial charge in [-0.2, -0.15) is 0 Å². The molecule has 1 aromatic carbocycles. The highest BCUT2D eigenvalue weighted by Gasteiger charge is 2.05. The first-order valence-electron chi connectivity index (χ1n) is 5.52. The Morgan fingerprint density at radius 3 is 1.88 bits per heavy atom. The van der Waals surface area contributed by atoms with E-state index in [4.69, 9.17) is 4.74 Å². The van der Waals surface area contributed by atoms with Crippen LogP contribution in [0.4, 0.5) is 11.4 Å². The second-order valence-corrected chi connectivity index (χ2v) is 4.43. The van der Waals surface area contributed by atoms with E-state index in [2.05, 4.69) is 6.07 Å². The molecule has 0 aliphatic carbocycles. The van der Waals surface area contributed by atoms with Crippen LogP contribution in [0.5, 0.6) is 0 Å². The number of nitrogens with zero attached hydrogens (tertiary/aromatic N) is 2. The summed E-state index contributed by atoms with van der Waals surface area (Å²) in [6.07, 6.45) is 0. The second kappa shape index (κ2) is 5.57. The molecule has 94 valence electrons. The van der Waals surface area contributed by atoms with Gasteiger partial charge in [0.15, 0.2) is 0 Å². The number of hydrogen-bond donors (Lipinski definition) is 0. The molecule has 0 radical (unpaired) electrons. The van der Waals surface area contributed by atoms with Crippen molar-refractivity contribution >= 4 is 17.3 Å². The molecule has 0 spiro atoms. The van der Waals surface area contributed by atoms with Crippen LogP contribution in [0.3, 0.4) is 0 Å². The predicted molar refractivity (Wildman–Crippen MR) is 70.6 cm³/mol. The van der Waals surface area contributed by atoms with Crippen molar-refractivity contribution in [3.8, 4) is 0 Å². The molecule has 0 aromatic heterocycles. The molecule has 0 unspecified atom stereocenters. The van der Waals surface area contributed by atoms with E-state index in [0.29, 0.717) is 6.61 Å². The van der Waals surface area contributed by atoms with Gasteiger partial charge in [0, 0.05) is 46.5 Å². The van der Waals surface area contributed by atoms with Gasteiger partial charge in [-0.05, 0) is 23.8 Å². The zero-order valence-electron chi connectivity index (χ0n) is 11.2. The Morgan fingerprint density at radius 2 is 1.53 bits per heavy atom. The van der Waals surface area contributed by atoms with Crippen LogP contribution < -0.4 is 9.80 Å². The molecule has 0 N–H and O–H groups in total. The van der Waals surface area contributed by atoms with Crippen LogP contribution in [0.2, 0.25) is 0 Å². The van der Waals surface area contributed by atoms with Gasteiger partial charge in [0.05, 0.1) is 0 Å². The van der Waals surface area contributed by atoms with E-state index in [1.54, 1.807) is 0 Å². The number of carbonyl (C=O) groups is 1. The Labute approximate surface area is 103 Å². The zero-order valence-corrected chi connectivity index (χ0v) is 11.2. The first-order chi connectivity index (χ1) is 7.90. The van der Waals surface area contributed by atoms with Gasteiger partial charge in [-0.3, -0.25) is 4.79 Å². The van der Waals surface area contributed by atoms with Crippen molar-refractivity contribution in [2.45, 2.75) is 13.5 Å².